The fourth-order valence-electron chi connectivity index (χ4n) is 1.73. The molecule has 3 nitrogen and oxygen atoms in total. The van der Waals surface area contributed by atoms with Gasteiger partial charge in [0.25, 0.3) is 0 Å². The van der Waals surface area contributed by atoms with E-state index in [0.717, 1.165) is 21.2 Å². The van der Waals surface area contributed by atoms with Gasteiger partial charge in [-0.1, -0.05) is 41.9 Å². The van der Waals surface area contributed by atoms with Gasteiger partial charge < -0.3 is 5.32 Å². The van der Waals surface area contributed by atoms with Crippen molar-refractivity contribution in [1.82, 2.24) is 0 Å². The molecule has 1 amide bonds. The molecule has 106 valence electrons. The number of hydrogen-bond donors (Lipinski definition) is 1. The molecule has 2 rings (SSSR count). The van der Waals surface area contributed by atoms with E-state index in [0.29, 0.717) is 5.75 Å². The third kappa shape index (κ3) is 4.52. The minimum atomic E-state index is -0.303. The van der Waals surface area contributed by atoms with Gasteiger partial charge in [-0.25, -0.2) is 0 Å². The summed E-state index contributed by atoms with van der Waals surface area (Å²) in [5.41, 5.74) is 1.76. The van der Waals surface area contributed by atoms with Crippen molar-refractivity contribution in [3.8, 4) is 6.07 Å². The zero-order valence-electron chi connectivity index (χ0n) is 11.2. The minimum absolute atomic E-state index is 0.149. The summed E-state index contributed by atoms with van der Waals surface area (Å²) >= 11 is 7.73. The summed E-state index contributed by atoms with van der Waals surface area (Å²) in [6.45, 7) is 0. The highest BCUT2D eigenvalue weighted by Crippen LogP contribution is 2.31. The number of carbonyl (C=O) groups excluding carboxylic acids is 1. The number of anilines is 1. The van der Waals surface area contributed by atoms with Crippen LogP contribution in [0.2, 0.25) is 5.02 Å². The normalized spacial score (nSPS) is 9.90. The van der Waals surface area contributed by atoms with Crippen molar-refractivity contribution < 1.29 is 4.79 Å². The average Bonchev–Trinajstić information content (AvgIpc) is 2.48. The summed E-state index contributed by atoms with van der Waals surface area (Å²) in [4.78, 5) is 12.5. The Balaban J connectivity index is 2.08. The highest BCUT2D eigenvalue weighted by atomic mass is 35.5. The van der Waals surface area contributed by atoms with Crippen LogP contribution in [0.3, 0.4) is 0 Å². The van der Waals surface area contributed by atoms with Gasteiger partial charge in [-0.2, -0.15) is 5.26 Å². The molecule has 0 atom stereocenters. The molecule has 0 aromatic heterocycles. The summed E-state index contributed by atoms with van der Waals surface area (Å²) in [5.74, 6) is 0.411. The second kappa shape index (κ2) is 7.72. The lowest BCUT2D eigenvalue weighted by atomic mass is 10.2. The Bertz CT molecular complexity index is 682. The van der Waals surface area contributed by atoms with Crippen LogP contribution in [0.4, 0.5) is 5.69 Å². The summed E-state index contributed by atoms with van der Waals surface area (Å²) < 4.78 is 0. The molecule has 0 aliphatic rings. The van der Waals surface area contributed by atoms with Crippen molar-refractivity contribution in [2.45, 2.75) is 17.1 Å². The van der Waals surface area contributed by atoms with E-state index in [9.17, 15) is 4.79 Å². The highest BCUT2D eigenvalue weighted by Gasteiger charge is 2.07. The topological polar surface area (TPSA) is 52.9 Å². The molecule has 0 radical (unpaired) electrons. The Morgan fingerprint density at radius 1 is 1.19 bits per heavy atom. The summed E-state index contributed by atoms with van der Waals surface area (Å²) in [5, 5.41) is 12.0. The van der Waals surface area contributed by atoms with Gasteiger partial charge in [0.15, 0.2) is 0 Å². The van der Waals surface area contributed by atoms with Crippen molar-refractivity contribution in [2.75, 3.05) is 5.32 Å². The highest BCUT2D eigenvalue weighted by molar-refractivity contribution is 7.98. The van der Waals surface area contributed by atoms with Crippen LogP contribution in [0, 0.1) is 11.3 Å². The quantitative estimate of drug-likeness (QED) is 0.827. The number of nitriles is 1. The number of nitrogens with zero attached hydrogens (tertiary/aromatic N) is 1. The van der Waals surface area contributed by atoms with Crippen molar-refractivity contribution in [1.29, 1.82) is 5.26 Å². The standard InChI is InChI=1S/C16H13ClN2OS/c17-13-6-2-1-5-12(13)11-21-15-8-4-3-7-14(15)19-16(20)9-10-18/h1-8H,9,11H2,(H,19,20). The Morgan fingerprint density at radius 2 is 1.90 bits per heavy atom. The predicted molar refractivity (Wildman–Crippen MR) is 86.3 cm³/mol. The van der Waals surface area contributed by atoms with Crippen molar-refractivity contribution in [2.24, 2.45) is 0 Å². The first-order valence-electron chi connectivity index (χ1n) is 6.32. The molecule has 0 fully saturated rings. The van der Waals surface area contributed by atoms with Crippen LogP contribution < -0.4 is 5.32 Å². The maximum Gasteiger partial charge on any atom is 0.238 e. The third-order valence-corrected chi connectivity index (χ3v) is 4.23. The first-order chi connectivity index (χ1) is 10.2. The predicted octanol–water partition coefficient (Wildman–Crippen LogP) is 4.48. The first kappa shape index (κ1) is 15.4. The van der Waals surface area contributed by atoms with E-state index in [1.807, 2.05) is 54.6 Å². The lowest BCUT2D eigenvalue weighted by molar-refractivity contribution is -0.115. The Morgan fingerprint density at radius 3 is 2.67 bits per heavy atom. The zero-order chi connectivity index (χ0) is 15.1. The summed E-state index contributed by atoms with van der Waals surface area (Å²) in [6.07, 6.45) is -0.149. The Labute approximate surface area is 132 Å². The largest absolute Gasteiger partial charge is 0.324 e. The van der Waals surface area contributed by atoms with Gasteiger partial charge in [-0.3, -0.25) is 4.79 Å². The zero-order valence-corrected chi connectivity index (χ0v) is 12.7. The van der Waals surface area contributed by atoms with E-state index < -0.39 is 0 Å². The summed E-state index contributed by atoms with van der Waals surface area (Å²) in [7, 11) is 0. The van der Waals surface area contributed by atoms with Crippen LogP contribution >= 0.6 is 23.4 Å². The molecule has 0 saturated heterocycles. The minimum Gasteiger partial charge on any atom is -0.324 e. The van der Waals surface area contributed by atoms with Crippen LogP contribution in [-0.4, -0.2) is 5.91 Å². The van der Waals surface area contributed by atoms with Gasteiger partial charge in [0.05, 0.1) is 11.8 Å². The van der Waals surface area contributed by atoms with Crippen molar-refractivity contribution in [3.05, 3.63) is 59.1 Å². The molecule has 0 spiro atoms. The Kier molecular flexibility index (Phi) is 5.68. The number of carbonyl (C=O) groups is 1. The molecule has 0 heterocycles. The maximum absolute atomic E-state index is 11.5. The monoisotopic (exact) mass is 316 g/mol. The SMILES string of the molecule is N#CCC(=O)Nc1ccccc1SCc1ccccc1Cl. The smallest absolute Gasteiger partial charge is 0.238 e. The van der Waals surface area contributed by atoms with Gasteiger partial charge in [0.2, 0.25) is 5.91 Å². The molecule has 0 unspecified atom stereocenters. The number of benzene rings is 2. The van der Waals surface area contributed by atoms with E-state index in [-0.39, 0.29) is 12.3 Å². The molecule has 5 heteroatoms. The average molecular weight is 317 g/mol. The number of amides is 1. The molecule has 2 aromatic rings. The van der Waals surface area contributed by atoms with Gasteiger partial charge >= 0.3 is 0 Å². The van der Waals surface area contributed by atoms with Crippen LogP contribution in [0.25, 0.3) is 0 Å². The first-order valence-corrected chi connectivity index (χ1v) is 7.69. The third-order valence-electron chi connectivity index (χ3n) is 2.74. The number of rotatable bonds is 5. The number of hydrogen-bond acceptors (Lipinski definition) is 3. The molecular formula is C16H13ClN2OS. The lowest BCUT2D eigenvalue weighted by Gasteiger charge is -2.10. The maximum atomic E-state index is 11.5. The molecule has 21 heavy (non-hydrogen) atoms. The number of nitrogens with one attached hydrogen (secondary N) is 1. The molecule has 2 aromatic carbocycles. The summed E-state index contributed by atoms with van der Waals surface area (Å²) in [6, 6.07) is 17.0. The molecular weight excluding hydrogens is 304 g/mol. The van der Waals surface area contributed by atoms with Crippen molar-refractivity contribution in [3.63, 3.8) is 0 Å². The number of para-hydroxylation sites is 1. The second-order valence-corrected chi connectivity index (χ2v) is 5.68. The van der Waals surface area contributed by atoms with Crippen molar-refractivity contribution >= 4 is 35.0 Å². The molecule has 0 bridgehead atoms. The van der Waals surface area contributed by atoms with Crippen LogP contribution in [0.15, 0.2) is 53.4 Å². The van der Waals surface area contributed by atoms with Crippen LogP contribution in [0.1, 0.15) is 12.0 Å². The molecule has 0 aliphatic carbocycles. The van der Waals surface area contributed by atoms with E-state index >= 15 is 0 Å². The van der Waals surface area contributed by atoms with E-state index in [4.69, 9.17) is 16.9 Å². The Hall–Kier alpha value is -1.96. The fourth-order valence-corrected chi connectivity index (χ4v) is 3.03. The molecule has 1 N–H and O–H groups in total. The lowest BCUT2D eigenvalue weighted by Crippen LogP contribution is -2.10. The fraction of sp³-hybridized carbons (Fsp3) is 0.125. The van der Waals surface area contributed by atoms with E-state index in [1.54, 1.807) is 11.8 Å². The molecule has 0 saturated carbocycles. The van der Waals surface area contributed by atoms with Crippen LogP contribution in [-0.2, 0) is 10.5 Å². The molecule has 0 aliphatic heterocycles. The van der Waals surface area contributed by atoms with Gasteiger partial charge in [0.1, 0.15) is 6.42 Å². The van der Waals surface area contributed by atoms with Gasteiger partial charge in [-0.05, 0) is 23.8 Å². The van der Waals surface area contributed by atoms with E-state index in [2.05, 4.69) is 5.32 Å². The number of thioether (sulfide) groups is 1. The van der Waals surface area contributed by atoms with Gasteiger partial charge in [0, 0.05) is 15.7 Å². The number of halogens is 1. The van der Waals surface area contributed by atoms with Gasteiger partial charge in [-0.15, -0.1) is 11.8 Å². The second-order valence-electron chi connectivity index (χ2n) is 4.26. The van der Waals surface area contributed by atoms with Crippen LogP contribution in [0.5, 0.6) is 0 Å². The van der Waals surface area contributed by atoms with E-state index in [1.165, 1.54) is 0 Å².